The van der Waals surface area contributed by atoms with E-state index < -0.39 is 0 Å². The fraction of sp³-hybridized carbons (Fsp3) is 1.00. The zero-order valence-corrected chi connectivity index (χ0v) is 12.8. The predicted octanol–water partition coefficient (Wildman–Crippen LogP) is 3.42. The monoisotopic (exact) mass is 264 g/mol. The molecule has 3 fully saturated rings. The van der Waals surface area contributed by atoms with Crippen molar-refractivity contribution in [3.63, 3.8) is 0 Å². The maximum Gasteiger partial charge on any atom is 0.00684 e. The maximum atomic E-state index is 3.83. The Bertz CT molecular complexity index is 279. The first-order chi connectivity index (χ1) is 9.30. The van der Waals surface area contributed by atoms with Crippen LogP contribution in [0.5, 0.6) is 0 Å². The Morgan fingerprint density at radius 1 is 1.11 bits per heavy atom. The lowest BCUT2D eigenvalue weighted by Gasteiger charge is -2.40. The highest BCUT2D eigenvalue weighted by Crippen LogP contribution is 2.40. The number of hydrogen-bond donors (Lipinski definition) is 1. The Morgan fingerprint density at radius 2 is 1.89 bits per heavy atom. The zero-order chi connectivity index (χ0) is 13.1. The summed E-state index contributed by atoms with van der Waals surface area (Å²) in [4.78, 5) is 2.80. The van der Waals surface area contributed by atoms with E-state index in [1.807, 2.05) is 0 Å². The second-order valence-electron chi connectivity index (χ2n) is 7.51. The molecule has 2 saturated carbocycles. The number of hydrogen-bond acceptors (Lipinski definition) is 2. The van der Waals surface area contributed by atoms with Gasteiger partial charge in [-0.25, -0.2) is 0 Å². The summed E-state index contributed by atoms with van der Waals surface area (Å²) in [5.74, 6) is 0.976. The van der Waals surface area contributed by atoms with Crippen molar-refractivity contribution < 1.29 is 0 Å². The minimum Gasteiger partial charge on any atom is -0.313 e. The van der Waals surface area contributed by atoms with E-state index in [0.717, 1.165) is 12.0 Å². The fourth-order valence-corrected chi connectivity index (χ4v) is 4.27. The molecule has 1 N–H and O–H groups in total. The predicted molar refractivity (Wildman–Crippen MR) is 81.4 cm³/mol. The minimum absolute atomic E-state index is 0.623. The van der Waals surface area contributed by atoms with Gasteiger partial charge in [0.05, 0.1) is 0 Å². The molecule has 3 rings (SSSR count). The van der Waals surface area contributed by atoms with Gasteiger partial charge in [-0.3, -0.25) is 0 Å². The van der Waals surface area contributed by atoms with E-state index in [2.05, 4.69) is 17.1 Å². The standard InChI is InChI=1S/C17H32N2/c1-2-15-6-5-11-19(12-15)14-17(9-3-4-10-17)13-18-16-7-8-16/h15-16,18H,2-14H2,1H3. The number of rotatable bonds is 6. The first-order valence-electron chi connectivity index (χ1n) is 8.75. The third kappa shape index (κ3) is 3.72. The third-order valence-electron chi connectivity index (χ3n) is 5.75. The van der Waals surface area contributed by atoms with Gasteiger partial charge in [0.1, 0.15) is 0 Å². The van der Waals surface area contributed by atoms with E-state index in [9.17, 15) is 0 Å². The van der Waals surface area contributed by atoms with Crippen molar-refractivity contribution in [2.75, 3.05) is 26.2 Å². The van der Waals surface area contributed by atoms with Crippen LogP contribution in [0.25, 0.3) is 0 Å². The lowest BCUT2D eigenvalue weighted by atomic mass is 9.84. The van der Waals surface area contributed by atoms with Crippen LogP contribution in [0.15, 0.2) is 0 Å². The number of nitrogens with zero attached hydrogens (tertiary/aromatic N) is 1. The van der Waals surface area contributed by atoms with Crippen LogP contribution in [0, 0.1) is 11.3 Å². The first kappa shape index (κ1) is 13.9. The molecule has 110 valence electrons. The molecule has 1 atom stereocenters. The molecule has 3 aliphatic rings. The molecule has 2 nitrogen and oxygen atoms in total. The largest absolute Gasteiger partial charge is 0.313 e. The molecule has 2 aliphatic carbocycles. The van der Waals surface area contributed by atoms with Crippen LogP contribution in [-0.2, 0) is 0 Å². The molecule has 1 saturated heterocycles. The summed E-state index contributed by atoms with van der Waals surface area (Å²) in [6.07, 6.45) is 13.0. The Labute approximate surface area is 119 Å². The van der Waals surface area contributed by atoms with Crippen molar-refractivity contribution in [2.24, 2.45) is 11.3 Å². The van der Waals surface area contributed by atoms with Crippen LogP contribution in [0.3, 0.4) is 0 Å². The van der Waals surface area contributed by atoms with Gasteiger partial charge in [-0.2, -0.15) is 0 Å². The normalized spacial score (nSPS) is 31.7. The van der Waals surface area contributed by atoms with Crippen LogP contribution >= 0.6 is 0 Å². The number of nitrogens with one attached hydrogen (secondary N) is 1. The molecule has 0 aromatic carbocycles. The summed E-state index contributed by atoms with van der Waals surface area (Å²) in [7, 11) is 0. The second-order valence-corrected chi connectivity index (χ2v) is 7.51. The summed E-state index contributed by atoms with van der Waals surface area (Å²) in [5.41, 5.74) is 0.623. The lowest BCUT2D eigenvalue weighted by molar-refractivity contribution is 0.102. The molecule has 2 heteroatoms. The Hall–Kier alpha value is -0.0800. The van der Waals surface area contributed by atoms with Crippen LogP contribution in [-0.4, -0.2) is 37.1 Å². The molecule has 0 amide bonds. The summed E-state index contributed by atoms with van der Waals surface area (Å²) >= 11 is 0. The SMILES string of the molecule is CCC1CCCN(CC2(CNC3CC3)CCCC2)C1. The van der Waals surface area contributed by atoms with Gasteiger partial charge in [0.15, 0.2) is 0 Å². The topological polar surface area (TPSA) is 15.3 Å². The lowest BCUT2D eigenvalue weighted by Crippen LogP contribution is -2.46. The van der Waals surface area contributed by atoms with E-state index in [0.29, 0.717) is 5.41 Å². The Balaban J connectivity index is 1.53. The van der Waals surface area contributed by atoms with Crippen molar-refractivity contribution in [3.05, 3.63) is 0 Å². The molecular weight excluding hydrogens is 232 g/mol. The van der Waals surface area contributed by atoms with Crippen LogP contribution in [0.4, 0.5) is 0 Å². The molecule has 1 unspecified atom stereocenters. The number of likely N-dealkylation sites (tertiary alicyclic amines) is 1. The second kappa shape index (κ2) is 6.13. The quantitative estimate of drug-likeness (QED) is 0.791. The van der Waals surface area contributed by atoms with Crippen LogP contribution in [0.1, 0.15) is 64.7 Å². The highest BCUT2D eigenvalue weighted by molar-refractivity contribution is 4.93. The van der Waals surface area contributed by atoms with E-state index in [-0.39, 0.29) is 0 Å². The van der Waals surface area contributed by atoms with Crippen LogP contribution in [0.2, 0.25) is 0 Å². The minimum atomic E-state index is 0.623. The van der Waals surface area contributed by atoms with Gasteiger partial charge >= 0.3 is 0 Å². The van der Waals surface area contributed by atoms with Gasteiger partial charge < -0.3 is 10.2 Å². The van der Waals surface area contributed by atoms with Crippen molar-refractivity contribution in [1.29, 1.82) is 0 Å². The molecular formula is C17H32N2. The molecule has 0 spiro atoms. The molecule has 1 heterocycles. The molecule has 1 aliphatic heterocycles. The average molecular weight is 264 g/mol. The Kier molecular flexibility index (Phi) is 4.48. The van der Waals surface area contributed by atoms with E-state index >= 15 is 0 Å². The smallest absolute Gasteiger partial charge is 0.00684 e. The van der Waals surface area contributed by atoms with Gasteiger partial charge in [-0.15, -0.1) is 0 Å². The maximum absolute atomic E-state index is 3.83. The molecule has 0 bridgehead atoms. The average Bonchev–Trinajstić information content (AvgIpc) is 3.17. The Morgan fingerprint density at radius 3 is 2.58 bits per heavy atom. The summed E-state index contributed by atoms with van der Waals surface area (Å²) in [6.45, 7) is 7.78. The third-order valence-corrected chi connectivity index (χ3v) is 5.75. The van der Waals surface area contributed by atoms with E-state index in [1.54, 1.807) is 0 Å². The van der Waals surface area contributed by atoms with Gasteiger partial charge in [0.25, 0.3) is 0 Å². The molecule has 0 aromatic rings. The summed E-state index contributed by atoms with van der Waals surface area (Å²) < 4.78 is 0. The van der Waals surface area contributed by atoms with Gasteiger partial charge in [-0.05, 0) is 56.4 Å². The fourth-order valence-electron chi connectivity index (χ4n) is 4.27. The highest BCUT2D eigenvalue weighted by Gasteiger charge is 2.37. The molecule has 0 aromatic heterocycles. The van der Waals surface area contributed by atoms with Crippen molar-refractivity contribution in [1.82, 2.24) is 10.2 Å². The highest BCUT2D eigenvalue weighted by atomic mass is 15.1. The van der Waals surface area contributed by atoms with Crippen molar-refractivity contribution in [3.8, 4) is 0 Å². The van der Waals surface area contributed by atoms with Gasteiger partial charge in [0, 0.05) is 25.7 Å². The van der Waals surface area contributed by atoms with Crippen LogP contribution < -0.4 is 5.32 Å². The zero-order valence-electron chi connectivity index (χ0n) is 12.8. The number of piperidine rings is 1. The van der Waals surface area contributed by atoms with Gasteiger partial charge in [-0.1, -0.05) is 26.2 Å². The summed E-state index contributed by atoms with van der Waals surface area (Å²) in [5, 5.41) is 3.83. The first-order valence-corrected chi connectivity index (χ1v) is 8.75. The van der Waals surface area contributed by atoms with Gasteiger partial charge in [0.2, 0.25) is 0 Å². The van der Waals surface area contributed by atoms with E-state index in [4.69, 9.17) is 0 Å². The summed E-state index contributed by atoms with van der Waals surface area (Å²) in [6, 6.07) is 0.877. The molecule has 19 heavy (non-hydrogen) atoms. The van der Waals surface area contributed by atoms with Crippen molar-refractivity contribution in [2.45, 2.75) is 70.8 Å². The van der Waals surface area contributed by atoms with Crippen molar-refractivity contribution >= 4 is 0 Å². The van der Waals surface area contributed by atoms with E-state index in [1.165, 1.54) is 84.0 Å². The molecule has 0 radical (unpaired) electrons.